The van der Waals surface area contributed by atoms with Gasteiger partial charge in [-0.3, -0.25) is 15.0 Å². The summed E-state index contributed by atoms with van der Waals surface area (Å²) in [4.78, 5) is 16.0. The number of para-hydroxylation sites is 1. The number of morpholine rings is 1. The van der Waals surface area contributed by atoms with Gasteiger partial charge < -0.3 is 14.4 Å². The normalized spacial score (nSPS) is 18.2. The lowest BCUT2D eigenvalue weighted by Crippen LogP contribution is -2.43. The molecule has 1 N–H and O–H groups in total. The van der Waals surface area contributed by atoms with Crippen LogP contribution in [0.5, 0.6) is 0 Å². The summed E-state index contributed by atoms with van der Waals surface area (Å²) < 4.78 is 10.8. The Labute approximate surface area is 136 Å². The predicted octanol–water partition coefficient (Wildman–Crippen LogP) is 1.15. The topological polar surface area (TPSA) is 54.0 Å². The molecule has 0 atom stereocenters. The summed E-state index contributed by atoms with van der Waals surface area (Å²) in [6.07, 6.45) is 1.81. The maximum Gasteiger partial charge on any atom is 0.240 e. The average molecular weight is 326 g/mol. The minimum absolute atomic E-state index is 0. The van der Waals surface area contributed by atoms with Crippen molar-refractivity contribution in [3.63, 3.8) is 0 Å². The first-order chi connectivity index (χ1) is 10.3. The van der Waals surface area contributed by atoms with Gasteiger partial charge in [0.25, 0.3) is 0 Å². The first-order valence-corrected chi connectivity index (χ1v) is 7.07. The second kappa shape index (κ2) is 8.03. The van der Waals surface area contributed by atoms with Crippen molar-refractivity contribution in [1.82, 2.24) is 10.2 Å². The Balaban J connectivity index is 0.00000176. The molecule has 7 heteroatoms. The van der Waals surface area contributed by atoms with Crippen LogP contribution >= 0.6 is 12.4 Å². The molecule has 6 nitrogen and oxygen atoms in total. The van der Waals surface area contributed by atoms with Crippen LogP contribution in [-0.4, -0.2) is 50.4 Å². The maximum absolute atomic E-state index is 12.0. The van der Waals surface area contributed by atoms with Crippen LogP contribution in [0.3, 0.4) is 0 Å². The SMILES string of the molecule is Cl.O=C(CN1CCOCC1)NC1=CN(c2ccccc2)CO1. The van der Waals surface area contributed by atoms with E-state index in [9.17, 15) is 4.79 Å². The van der Waals surface area contributed by atoms with E-state index in [0.29, 0.717) is 32.4 Å². The van der Waals surface area contributed by atoms with Crippen molar-refractivity contribution in [2.24, 2.45) is 0 Å². The molecule has 1 fully saturated rings. The Bertz CT molecular complexity index is 518. The van der Waals surface area contributed by atoms with E-state index in [0.717, 1.165) is 18.8 Å². The summed E-state index contributed by atoms with van der Waals surface area (Å²) in [5.41, 5.74) is 1.04. The molecule has 0 bridgehead atoms. The number of benzene rings is 1. The molecule has 22 heavy (non-hydrogen) atoms. The predicted molar refractivity (Wildman–Crippen MR) is 85.6 cm³/mol. The van der Waals surface area contributed by atoms with Gasteiger partial charge >= 0.3 is 0 Å². The third-order valence-corrected chi connectivity index (χ3v) is 3.45. The smallest absolute Gasteiger partial charge is 0.240 e. The summed E-state index contributed by atoms with van der Waals surface area (Å²) >= 11 is 0. The zero-order valence-corrected chi connectivity index (χ0v) is 13.1. The standard InChI is InChI=1S/C15H19N3O3.ClH/c19-14(10-17-6-8-20-9-7-17)16-15-11-18(12-21-15)13-4-2-1-3-5-13;/h1-5,11H,6-10,12H2,(H,16,19);1H. The lowest BCUT2D eigenvalue weighted by Gasteiger charge is -2.25. The van der Waals surface area contributed by atoms with Crippen LogP contribution in [0.1, 0.15) is 0 Å². The molecule has 0 radical (unpaired) electrons. The van der Waals surface area contributed by atoms with Gasteiger partial charge in [-0.1, -0.05) is 18.2 Å². The minimum atomic E-state index is -0.0574. The molecule has 0 unspecified atom stereocenters. The minimum Gasteiger partial charge on any atom is -0.456 e. The van der Waals surface area contributed by atoms with Crippen molar-refractivity contribution >= 4 is 24.0 Å². The van der Waals surface area contributed by atoms with Crippen molar-refractivity contribution in [2.75, 3.05) is 44.5 Å². The number of carbonyl (C=O) groups is 1. The van der Waals surface area contributed by atoms with E-state index in [4.69, 9.17) is 9.47 Å². The number of hydrogen-bond donors (Lipinski definition) is 1. The van der Waals surface area contributed by atoms with Crippen LogP contribution in [0.2, 0.25) is 0 Å². The van der Waals surface area contributed by atoms with E-state index in [1.807, 2.05) is 41.4 Å². The van der Waals surface area contributed by atoms with Crippen LogP contribution in [0.25, 0.3) is 0 Å². The second-order valence-corrected chi connectivity index (χ2v) is 5.01. The van der Waals surface area contributed by atoms with Crippen LogP contribution in [0.15, 0.2) is 42.4 Å². The zero-order valence-electron chi connectivity index (χ0n) is 12.2. The van der Waals surface area contributed by atoms with Crippen LogP contribution < -0.4 is 10.2 Å². The molecule has 3 rings (SSSR count). The third kappa shape index (κ3) is 4.37. The number of anilines is 1. The summed E-state index contributed by atoms with van der Waals surface area (Å²) in [6, 6.07) is 9.90. The Morgan fingerprint density at radius 3 is 2.64 bits per heavy atom. The first kappa shape index (κ1) is 16.6. The molecule has 1 aromatic rings. The number of amides is 1. The van der Waals surface area contributed by atoms with E-state index < -0.39 is 0 Å². The van der Waals surface area contributed by atoms with Crippen molar-refractivity contribution in [2.45, 2.75) is 0 Å². The molecule has 2 heterocycles. The molecule has 0 spiro atoms. The Kier molecular flexibility index (Phi) is 6.06. The van der Waals surface area contributed by atoms with E-state index in [2.05, 4.69) is 10.2 Å². The molecule has 2 aliphatic heterocycles. The zero-order chi connectivity index (χ0) is 14.5. The van der Waals surface area contributed by atoms with Gasteiger partial charge in [0.15, 0.2) is 6.73 Å². The molecule has 1 amide bonds. The fraction of sp³-hybridized carbons (Fsp3) is 0.400. The molecule has 0 aromatic heterocycles. The molecular weight excluding hydrogens is 306 g/mol. The van der Waals surface area contributed by atoms with E-state index in [1.54, 1.807) is 0 Å². The van der Waals surface area contributed by atoms with E-state index >= 15 is 0 Å². The highest BCUT2D eigenvalue weighted by Gasteiger charge is 2.19. The molecular formula is C15H20ClN3O3. The first-order valence-electron chi connectivity index (χ1n) is 7.07. The molecule has 2 aliphatic rings. The fourth-order valence-electron chi connectivity index (χ4n) is 2.33. The number of ether oxygens (including phenoxy) is 2. The van der Waals surface area contributed by atoms with E-state index in [-0.39, 0.29) is 18.3 Å². The molecule has 120 valence electrons. The fourth-order valence-corrected chi connectivity index (χ4v) is 2.33. The number of hydrogen-bond acceptors (Lipinski definition) is 5. The van der Waals surface area contributed by atoms with Crippen LogP contribution in [0.4, 0.5) is 5.69 Å². The Morgan fingerprint density at radius 1 is 1.18 bits per heavy atom. The summed E-state index contributed by atoms with van der Waals surface area (Å²) in [5.74, 6) is 0.440. The highest BCUT2D eigenvalue weighted by molar-refractivity contribution is 5.85. The quantitative estimate of drug-likeness (QED) is 0.900. The van der Waals surface area contributed by atoms with Crippen molar-refractivity contribution in [3.8, 4) is 0 Å². The van der Waals surface area contributed by atoms with Crippen molar-refractivity contribution < 1.29 is 14.3 Å². The third-order valence-electron chi connectivity index (χ3n) is 3.45. The van der Waals surface area contributed by atoms with Crippen LogP contribution in [-0.2, 0) is 14.3 Å². The van der Waals surface area contributed by atoms with Gasteiger partial charge in [0.1, 0.15) is 0 Å². The molecule has 1 aromatic carbocycles. The molecule has 0 aliphatic carbocycles. The largest absolute Gasteiger partial charge is 0.456 e. The van der Waals surface area contributed by atoms with Gasteiger partial charge in [0.05, 0.1) is 26.0 Å². The molecule has 0 saturated carbocycles. The summed E-state index contributed by atoms with van der Waals surface area (Å²) in [7, 11) is 0. The number of halogens is 1. The monoisotopic (exact) mass is 325 g/mol. The van der Waals surface area contributed by atoms with Crippen molar-refractivity contribution in [1.29, 1.82) is 0 Å². The number of carbonyl (C=O) groups excluding carboxylic acids is 1. The van der Waals surface area contributed by atoms with Gasteiger partial charge in [-0.25, -0.2) is 0 Å². The van der Waals surface area contributed by atoms with Crippen LogP contribution in [0, 0.1) is 0 Å². The average Bonchev–Trinajstić information content (AvgIpc) is 2.97. The highest BCUT2D eigenvalue weighted by atomic mass is 35.5. The Hall–Kier alpha value is -1.76. The van der Waals surface area contributed by atoms with Gasteiger partial charge in [0, 0.05) is 18.8 Å². The van der Waals surface area contributed by atoms with Gasteiger partial charge in [-0.05, 0) is 12.1 Å². The molecule has 1 saturated heterocycles. The summed E-state index contributed by atoms with van der Waals surface area (Å²) in [5, 5.41) is 2.80. The van der Waals surface area contributed by atoms with Gasteiger partial charge in [-0.15, -0.1) is 12.4 Å². The van der Waals surface area contributed by atoms with Gasteiger partial charge in [-0.2, -0.15) is 0 Å². The lowest BCUT2D eigenvalue weighted by molar-refractivity contribution is -0.123. The maximum atomic E-state index is 12.0. The van der Waals surface area contributed by atoms with Crippen molar-refractivity contribution in [3.05, 3.63) is 42.4 Å². The highest BCUT2D eigenvalue weighted by Crippen LogP contribution is 2.19. The number of rotatable bonds is 4. The summed E-state index contributed by atoms with van der Waals surface area (Å²) in [6.45, 7) is 3.75. The number of nitrogens with one attached hydrogen (secondary N) is 1. The van der Waals surface area contributed by atoms with Gasteiger partial charge in [0.2, 0.25) is 11.8 Å². The van der Waals surface area contributed by atoms with E-state index in [1.165, 1.54) is 0 Å². The Morgan fingerprint density at radius 2 is 1.91 bits per heavy atom. The lowest BCUT2D eigenvalue weighted by atomic mass is 10.3. The second-order valence-electron chi connectivity index (χ2n) is 5.01. The number of nitrogens with zero attached hydrogens (tertiary/aromatic N) is 2.